The van der Waals surface area contributed by atoms with Crippen molar-refractivity contribution in [2.24, 2.45) is 0 Å². The van der Waals surface area contributed by atoms with Crippen LogP contribution in [0.5, 0.6) is 5.75 Å². The lowest BCUT2D eigenvalue weighted by molar-refractivity contribution is 0.0694. The summed E-state index contributed by atoms with van der Waals surface area (Å²) in [6.45, 7) is 2.94. The molecule has 0 amide bonds. The summed E-state index contributed by atoms with van der Waals surface area (Å²) >= 11 is 0. The number of sulfonamides is 1. The normalized spacial score (nSPS) is 11.3. The van der Waals surface area contributed by atoms with Crippen LogP contribution in [0.1, 0.15) is 21.8 Å². The minimum Gasteiger partial charge on any atom is -0.507 e. The molecule has 3 N–H and O–H groups in total. The summed E-state index contributed by atoms with van der Waals surface area (Å²) in [7, 11) is -3.95. The van der Waals surface area contributed by atoms with Crippen LogP contribution in [0.3, 0.4) is 0 Å². The lowest BCUT2D eigenvalue weighted by Gasteiger charge is -2.08. The molecule has 0 bridgehead atoms. The molecule has 1 aromatic heterocycles. The first-order valence-corrected chi connectivity index (χ1v) is 7.22. The number of anilines is 1. The maximum absolute atomic E-state index is 12.2. The Hall–Kier alpha value is -2.55. The lowest BCUT2D eigenvalue weighted by Crippen LogP contribution is -2.14. The molecule has 0 atom stereocenters. The second kappa shape index (κ2) is 5.09. The predicted molar refractivity (Wildman–Crippen MR) is 71.9 cm³/mol. The highest BCUT2D eigenvalue weighted by molar-refractivity contribution is 7.92. The average molecular weight is 312 g/mol. The third-order valence-electron chi connectivity index (χ3n) is 2.72. The van der Waals surface area contributed by atoms with Gasteiger partial charge in [-0.2, -0.15) is 0 Å². The van der Waals surface area contributed by atoms with Gasteiger partial charge in [0.15, 0.2) is 10.7 Å². The number of hydrogen-bond donors (Lipinski definition) is 3. The van der Waals surface area contributed by atoms with Crippen LogP contribution in [0.2, 0.25) is 0 Å². The van der Waals surface area contributed by atoms with Crippen molar-refractivity contribution in [3.05, 3.63) is 35.2 Å². The Morgan fingerprint density at radius 2 is 2.00 bits per heavy atom. The van der Waals surface area contributed by atoms with Crippen molar-refractivity contribution >= 4 is 21.7 Å². The molecule has 9 heteroatoms. The van der Waals surface area contributed by atoms with Crippen LogP contribution in [0.4, 0.5) is 5.69 Å². The molecule has 1 aromatic carbocycles. The molecule has 0 aliphatic carbocycles. The molecule has 21 heavy (non-hydrogen) atoms. The van der Waals surface area contributed by atoms with Gasteiger partial charge in [0.05, 0.1) is 5.69 Å². The molecule has 0 fully saturated rings. The minimum absolute atomic E-state index is 0.0255. The Labute approximate surface area is 120 Å². The Morgan fingerprint density at radius 1 is 1.33 bits per heavy atom. The van der Waals surface area contributed by atoms with Gasteiger partial charge in [0, 0.05) is 6.07 Å². The lowest BCUT2D eigenvalue weighted by atomic mass is 10.2. The fourth-order valence-corrected chi connectivity index (χ4v) is 3.22. The summed E-state index contributed by atoms with van der Waals surface area (Å²) in [4.78, 5) is 10.7. The van der Waals surface area contributed by atoms with E-state index >= 15 is 0 Å². The molecule has 112 valence electrons. The van der Waals surface area contributed by atoms with Gasteiger partial charge in [-0.25, -0.2) is 13.2 Å². The fourth-order valence-electron chi connectivity index (χ4n) is 1.84. The van der Waals surface area contributed by atoms with E-state index in [4.69, 9.17) is 9.63 Å². The second-order valence-corrected chi connectivity index (χ2v) is 5.92. The van der Waals surface area contributed by atoms with E-state index in [9.17, 15) is 18.3 Å². The summed E-state index contributed by atoms with van der Waals surface area (Å²) in [5.74, 6) is -1.72. The van der Waals surface area contributed by atoms with E-state index in [1.165, 1.54) is 19.9 Å². The van der Waals surface area contributed by atoms with Gasteiger partial charge in [-0.15, -0.1) is 0 Å². The summed E-state index contributed by atoms with van der Waals surface area (Å²) in [6.07, 6.45) is 0. The number of phenols is 1. The van der Waals surface area contributed by atoms with Crippen LogP contribution in [-0.4, -0.2) is 29.8 Å². The first kappa shape index (κ1) is 14.9. The highest BCUT2D eigenvalue weighted by atomic mass is 32.2. The van der Waals surface area contributed by atoms with Crippen molar-refractivity contribution in [1.82, 2.24) is 5.16 Å². The summed E-state index contributed by atoms with van der Waals surface area (Å²) in [6, 6.07) is 3.35. The van der Waals surface area contributed by atoms with Gasteiger partial charge >= 0.3 is 5.97 Å². The molecule has 0 aliphatic heterocycles. The first-order chi connectivity index (χ1) is 9.72. The molecule has 0 saturated heterocycles. The van der Waals surface area contributed by atoms with E-state index in [2.05, 4.69) is 9.88 Å². The second-order valence-electron chi connectivity index (χ2n) is 4.30. The van der Waals surface area contributed by atoms with E-state index < -0.39 is 21.7 Å². The summed E-state index contributed by atoms with van der Waals surface area (Å²) in [5.41, 5.74) is -0.0980. The van der Waals surface area contributed by atoms with E-state index in [1.54, 1.807) is 0 Å². The van der Waals surface area contributed by atoms with Crippen molar-refractivity contribution in [2.45, 2.75) is 18.7 Å². The number of aromatic hydroxyl groups is 1. The van der Waals surface area contributed by atoms with Crippen LogP contribution >= 0.6 is 0 Å². The highest BCUT2D eigenvalue weighted by Gasteiger charge is 2.24. The molecule has 0 saturated carbocycles. The number of aromatic nitrogens is 1. The van der Waals surface area contributed by atoms with E-state index in [0.717, 1.165) is 12.1 Å². The van der Waals surface area contributed by atoms with Gasteiger partial charge in [0.2, 0.25) is 0 Å². The van der Waals surface area contributed by atoms with Crippen LogP contribution in [0, 0.1) is 13.8 Å². The molecule has 0 aliphatic rings. The van der Waals surface area contributed by atoms with E-state index in [-0.39, 0.29) is 27.6 Å². The largest absolute Gasteiger partial charge is 0.507 e. The number of carboxylic acids is 1. The maximum Gasteiger partial charge on any atom is 0.339 e. The third-order valence-corrected chi connectivity index (χ3v) is 4.34. The van der Waals surface area contributed by atoms with Crippen LogP contribution < -0.4 is 4.72 Å². The molecular formula is C12H12N2O6S. The zero-order valence-corrected chi connectivity index (χ0v) is 11.9. The standard InChI is InChI=1S/C12H12N2O6S/c1-6-11(7(2)20-13-6)21(18,19)14-8-3-4-9(12(16)17)10(15)5-8/h3-5,14-15H,1-2H3,(H,16,17). The van der Waals surface area contributed by atoms with Gasteiger partial charge in [-0.3, -0.25) is 4.72 Å². The quantitative estimate of drug-likeness (QED) is 0.779. The van der Waals surface area contributed by atoms with Crippen molar-refractivity contribution < 1.29 is 27.9 Å². The number of nitrogens with one attached hydrogen (secondary N) is 1. The third kappa shape index (κ3) is 2.82. The zero-order chi connectivity index (χ0) is 15.8. The topological polar surface area (TPSA) is 130 Å². The maximum atomic E-state index is 12.2. The zero-order valence-electron chi connectivity index (χ0n) is 11.1. The number of benzene rings is 1. The number of rotatable bonds is 4. The number of carbonyl (C=O) groups is 1. The van der Waals surface area contributed by atoms with Gasteiger partial charge in [0.25, 0.3) is 10.0 Å². The Kier molecular flexibility index (Phi) is 3.60. The van der Waals surface area contributed by atoms with Gasteiger partial charge in [-0.1, -0.05) is 5.16 Å². The fraction of sp³-hybridized carbons (Fsp3) is 0.167. The molecule has 8 nitrogen and oxygen atoms in total. The van der Waals surface area contributed by atoms with Crippen molar-refractivity contribution in [3.63, 3.8) is 0 Å². The Morgan fingerprint density at radius 3 is 2.48 bits per heavy atom. The number of aryl methyl sites for hydroxylation is 2. The number of hydrogen-bond acceptors (Lipinski definition) is 6. The molecule has 2 rings (SSSR count). The van der Waals surface area contributed by atoms with E-state index in [1.807, 2.05) is 0 Å². The van der Waals surface area contributed by atoms with Crippen LogP contribution in [-0.2, 0) is 10.0 Å². The van der Waals surface area contributed by atoms with Gasteiger partial charge < -0.3 is 14.7 Å². The SMILES string of the molecule is Cc1noc(C)c1S(=O)(=O)Nc1ccc(C(=O)O)c(O)c1. The van der Waals surface area contributed by atoms with Gasteiger partial charge in [-0.05, 0) is 26.0 Å². The summed E-state index contributed by atoms with van der Waals surface area (Å²) in [5, 5.41) is 21.9. The number of carboxylic acid groups (broad SMARTS) is 1. The van der Waals surface area contributed by atoms with E-state index in [0.29, 0.717) is 0 Å². The highest BCUT2D eigenvalue weighted by Crippen LogP contribution is 2.26. The monoisotopic (exact) mass is 312 g/mol. The molecule has 2 aromatic rings. The Balaban J connectivity index is 2.38. The molecule has 0 spiro atoms. The van der Waals surface area contributed by atoms with Crippen molar-refractivity contribution in [1.29, 1.82) is 0 Å². The average Bonchev–Trinajstić information content (AvgIpc) is 2.68. The number of aromatic carboxylic acids is 1. The van der Waals surface area contributed by atoms with Crippen molar-refractivity contribution in [2.75, 3.05) is 4.72 Å². The predicted octanol–water partition coefficient (Wildman–Crippen LogP) is 1.50. The van der Waals surface area contributed by atoms with Crippen molar-refractivity contribution in [3.8, 4) is 5.75 Å². The first-order valence-electron chi connectivity index (χ1n) is 5.74. The van der Waals surface area contributed by atoms with Gasteiger partial charge in [0.1, 0.15) is 17.0 Å². The molecule has 0 unspecified atom stereocenters. The number of nitrogens with zero attached hydrogens (tertiary/aromatic N) is 1. The van der Waals surface area contributed by atoms with Crippen LogP contribution in [0.25, 0.3) is 0 Å². The minimum atomic E-state index is -3.95. The summed E-state index contributed by atoms with van der Waals surface area (Å²) < 4.78 is 31.5. The smallest absolute Gasteiger partial charge is 0.339 e. The molecule has 1 heterocycles. The van der Waals surface area contributed by atoms with Crippen LogP contribution in [0.15, 0.2) is 27.6 Å². The Bertz CT molecular complexity index is 790. The molecule has 0 radical (unpaired) electrons. The molecular weight excluding hydrogens is 300 g/mol.